The Bertz CT molecular complexity index is 922. The highest BCUT2D eigenvalue weighted by Gasteiger charge is 2.01. The number of methoxy groups -OCH3 is 1. The van der Waals surface area contributed by atoms with Crippen molar-refractivity contribution < 1.29 is 14.3 Å². The Hall–Kier alpha value is -3.61. The van der Waals surface area contributed by atoms with Crippen molar-refractivity contribution >= 4 is 12.0 Å². The van der Waals surface area contributed by atoms with Crippen LogP contribution in [0.4, 0.5) is 0 Å². The van der Waals surface area contributed by atoms with E-state index in [2.05, 4.69) is 15.6 Å². The van der Waals surface area contributed by atoms with Crippen molar-refractivity contribution in [2.75, 3.05) is 20.3 Å². The van der Waals surface area contributed by atoms with Gasteiger partial charge in [-0.3, -0.25) is 4.79 Å². The van der Waals surface area contributed by atoms with Crippen LogP contribution in [0.3, 0.4) is 0 Å². The fourth-order valence-corrected chi connectivity index (χ4v) is 2.49. The number of carbonyl (C=O) groups excluding carboxylic acids is 1. The third-order valence-corrected chi connectivity index (χ3v) is 3.86. The van der Waals surface area contributed by atoms with Gasteiger partial charge in [0.15, 0.2) is 0 Å². The summed E-state index contributed by atoms with van der Waals surface area (Å²) in [5, 5.41) is 10.9. The number of nitrogens with zero attached hydrogens (tertiary/aromatic N) is 3. The van der Waals surface area contributed by atoms with Gasteiger partial charge in [0.2, 0.25) is 5.91 Å². The van der Waals surface area contributed by atoms with Gasteiger partial charge in [-0.2, -0.15) is 0 Å². The number of benzene rings is 2. The SMILES string of the molecule is COc1cccc(OCCNC(=O)/C=C/c2cn(Cc3ccccc3)nn2)c1. The number of carbonyl (C=O) groups is 1. The molecule has 0 aliphatic heterocycles. The highest BCUT2D eigenvalue weighted by atomic mass is 16.5. The second kappa shape index (κ2) is 9.91. The number of hydrogen-bond acceptors (Lipinski definition) is 5. The molecular weight excluding hydrogens is 356 g/mol. The van der Waals surface area contributed by atoms with Crippen molar-refractivity contribution in [3.8, 4) is 11.5 Å². The summed E-state index contributed by atoms with van der Waals surface area (Å²) in [5.74, 6) is 1.20. The molecule has 1 N–H and O–H groups in total. The maximum absolute atomic E-state index is 11.9. The normalized spacial score (nSPS) is 10.8. The van der Waals surface area contributed by atoms with Gasteiger partial charge in [0.1, 0.15) is 23.8 Å². The van der Waals surface area contributed by atoms with Crippen molar-refractivity contribution in [3.63, 3.8) is 0 Å². The molecule has 1 aromatic heterocycles. The molecule has 0 atom stereocenters. The molecule has 144 valence electrons. The molecule has 7 nitrogen and oxygen atoms in total. The van der Waals surface area contributed by atoms with Crippen molar-refractivity contribution in [2.45, 2.75) is 6.54 Å². The molecule has 0 aliphatic carbocycles. The predicted octanol–water partition coefficient (Wildman–Crippen LogP) is 2.54. The third kappa shape index (κ3) is 5.98. The van der Waals surface area contributed by atoms with Gasteiger partial charge in [-0.1, -0.05) is 41.6 Å². The summed E-state index contributed by atoms with van der Waals surface area (Å²) in [7, 11) is 1.60. The van der Waals surface area contributed by atoms with Gasteiger partial charge in [0.05, 0.1) is 26.4 Å². The first kappa shape index (κ1) is 19.2. The number of hydrogen-bond donors (Lipinski definition) is 1. The van der Waals surface area contributed by atoms with E-state index in [-0.39, 0.29) is 5.91 Å². The van der Waals surface area contributed by atoms with Gasteiger partial charge in [0, 0.05) is 12.1 Å². The number of amides is 1. The molecule has 0 saturated heterocycles. The molecule has 0 fully saturated rings. The number of rotatable bonds is 9. The second-order valence-electron chi connectivity index (χ2n) is 5.98. The molecule has 3 rings (SSSR count). The quantitative estimate of drug-likeness (QED) is 0.457. The van der Waals surface area contributed by atoms with Crippen LogP contribution < -0.4 is 14.8 Å². The monoisotopic (exact) mass is 378 g/mol. The number of aromatic nitrogens is 3. The van der Waals surface area contributed by atoms with E-state index in [4.69, 9.17) is 9.47 Å². The van der Waals surface area contributed by atoms with Crippen LogP contribution in [0.5, 0.6) is 11.5 Å². The molecule has 0 saturated carbocycles. The molecule has 0 bridgehead atoms. The van der Waals surface area contributed by atoms with Crippen LogP contribution in [0.15, 0.2) is 66.9 Å². The van der Waals surface area contributed by atoms with E-state index in [1.807, 2.05) is 48.5 Å². The molecule has 0 radical (unpaired) electrons. The fraction of sp³-hybridized carbons (Fsp3) is 0.190. The van der Waals surface area contributed by atoms with Crippen molar-refractivity contribution in [2.24, 2.45) is 0 Å². The maximum atomic E-state index is 11.9. The zero-order chi connectivity index (χ0) is 19.6. The Balaban J connectivity index is 1.40. The van der Waals surface area contributed by atoms with E-state index in [9.17, 15) is 4.79 Å². The Kier molecular flexibility index (Phi) is 6.78. The van der Waals surface area contributed by atoms with E-state index in [1.54, 1.807) is 30.1 Å². The minimum atomic E-state index is -0.216. The average molecular weight is 378 g/mol. The molecule has 28 heavy (non-hydrogen) atoms. The van der Waals surface area contributed by atoms with Crippen LogP contribution in [-0.2, 0) is 11.3 Å². The van der Waals surface area contributed by atoms with Gasteiger partial charge in [-0.15, -0.1) is 5.10 Å². The Labute approximate surface area is 163 Å². The van der Waals surface area contributed by atoms with E-state index >= 15 is 0 Å². The number of ether oxygens (including phenoxy) is 2. The van der Waals surface area contributed by atoms with Crippen LogP contribution in [0.1, 0.15) is 11.3 Å². The summed E-state index contributed by atoms with van der Waals surface area (Å²) in [5.41, 5.74) is 1.76. The summed E-state index contributed by atoms with van der Waals surface area (Å²) < 4.78 is 12.4. The van der Waals surface area contributed by atoms with Gasteiger partial charge in [0.25, 0.3) is 0 Å². The highest BCUT2D eigenvalue weighted by Crippen LogP contribution is 2.18. The lowest BCUT2D eigenvalue weighted by Gasteiger charge is -2.07. The number of nitrogens with one attached hydrogen (secondary N) is 1. The van der Waals surface area contributed by atoms with E-state index in [1.165, 1.54) is 6.08 Å². The lowest BCUT2D eigenvalue weighted by molar-refractivity contribution is -0.116. The zero-order valence-corrected chi connectivity index (χ0v) is 15.6. The zero-order valence-electron chi connectivity index (χ0n) is 15.6. The lowest BCUT2D eigenvalue weighted by atomic mass is 10.2. The standard InChI is InChI=1S/C21H22N4O3/c1-27-19-8-5-9-20(14-19)28-13-12-22-21(26)11-10-18-16-25(24-23-18)15-17-6-3-2-4-7-17/h2-11,14,16H,12-13,15H2,1H3,(H,22,26)/b11-10+. The molecule has 0 unspecified atom stereocenters. The first-order valence-electron chi connectivity index (χ1n) is 8.90. The van der Waals surface area contributed by atoms with Crippen LogP contribution in [0.25, 0.3) is 6.08 Å². The molecule has 7 heteroatoms. The predicted molar refractivity (Wildman–Crippen MR) is 106 cm³/mol. The van der Waals surface area contributed by atoms with Crippen LogP contribution >= 0.6 is 0 Å². The summed E-state index contributed by atoms with van der Waals surface area (Å²) in [4.78, 5) is 11.9. The fourth-order valence-electron chi connectivity index (χ4n) is 2.49. The van der Waals surface area contributed by atoms with Crippen molar-refractivity contribution in [1.82, 2.24) is 20.3 Å². The average Bonchev–Trinajstić information content (AvgIpc) is 3.18. The topological polar surface area (TPSA) is 78.3 Å². The lowest BCUT2D eigenvalue weighted by Crippen LogP contribution is -2.26. The molecule has 2 aromatic carbocycles. The minimum absolute atomic E-state index is 0.216. The molecule has 1 heterocycles. The maximum Gasteiger partial charge on any atom is 0.244 e. The third-order valence-electron chi connectivity index (χ3n) is 3.86. The van der Waals surface area contributed by atoms with Gasteiger partial charge >= 0.3 is 0 Å². The summed E-state index contributed by atoms with van der Waals surface area (Å²) >= 11 is 0. The van der Waals surface area contributed by atoms with Crippen LogP contribution in [-0.4, -0.2) is 41.2 Å². The van der Waals surface area contributed by atoms with E-state index in [0.717, 1.165) is 11.3 Å². The molecule has 0 spiro atoms. The van der Waals surface area contributed by atoms with Crippen molar-refractivity contribution in [1.29, 1.82) is 0 Å². The van der Waals surface area contributed by atoms with Crippen LogP contribution in [0.2, 0.25) is 0 Å². The second-order valence-corrected chi connectivity index (χ2v) is 5.98. The molecule has 1 amide bonds. The van der Waals surface area contributed by atoms with Crippen molar-refractivity contribution in [3.05, 3.63) is 78.1 Å². The summed E-state index contributed by atoms with van der Waals surface area (Å²) in [6.07, 6.45) is 4.86. The minimum Gasteiger partial charge on any atom is -0.497 e. The Morgan fingerprint density at radius 3 is 2.79 bits per heavy atom. The van der Waals surface area contributed by atoms with Gasteiger partial charge < -0.3 is 14.8 Å². The van der Waals surface area contributed by atoms with Gasteiger partial charge in [-0.05, 0) is 23.8 Å². The highest BCUT2D eigenvalue weighted by molar-refractivity contribution is 5.91. The van der Waals surface area contributed by atoms with E-state index < -0.39 is 0 Å². The largest absolute Gasteiger partial charge is 0.497 e. The first-order chi connectivity index (χ1) is 13.7. The smallest absolute Gasteiger partial charge is 0.244 e. The molecular formula is C21H22N4O3. The summed E-state index contributed by atoms with van der Waals surface area (Å²) in [6, 6.07) is 17.3. The Morgan fingerprint density at radius 1 is 1.14 bits per heavy atom. The molecule has 3 aromatic rings. The Morgan fingerprint density at radius 2 is 1.96 bits per heavy atom. The summed E-state index contributed by atoms with van der Waals surface area (Å²) in [6.45, 7) is 1.39. The van der Waals surface area contributed by atoms with Gasteiger partial charge in [-0.25, -0.2) is 4.68 Å². The molecule has 0 aliphatic rings. The van der Waals surface area contributed by atoms with E-state index in [0.29, 0.717) is 31.1 Å². The first-order valence-corrected chi connectivity index (χ1v) is 8.90. The van der Waals surface area contributed by atoms with Crippen LogP contribution in [0, 0.1) is 0 Å².